The van der Waals surface area contributed by atoms with E-state index in [-0.39, 0.29) is 39.1 Å². The number of anilines is 1. The molecule has 0 aromatic heterocycles. The number of hydrogen-bond donors (Lipinski definition) is 1. The Kier molecular flexibility index (Phi) is 9.82. The van der Waals surface area contributed by atoms with Crippen molar-refractivity contribution in [1.82, 2.24) is 10.2 Å². The van der Waals surface area contributed by atoms with Crippen LogP contribution in [0.5, 0.6) is 0 Å². The molecule has 1 atom stereocenters. The number of rotatable bonds is 10. The van der Waals surface area contributed by atoms with Gasteiger partial charge in [-0.2, -0.15) is 0 Å². The number of carbonyl (C=O) groups excluding carboxylic acids is 2. The third-order valence-electron chi connectivity index (χ3n) is 6.00. The molecule has 1 N–H and O–H groups in total. The number of benzene rings is 3. The molecule has 1 unspecified atom stereocenters. The Balaban J connectivity index is 2.06. The number of nitrogens with one attached hydrogen (secondary N) is 1. The lowest BCUT2D eigenvalue weighted by Crippen LogP contribution is -2.52. The summed E-state index contributed by atoms with van der Waals surface area (Å²) in [5, 5.41) is 3.23. The maximum absolute atomic E-state index is 13.9. The van der Waals surface area contributed by atoms with Gasteiger partial charge in [-0.1, -0.05) is 65.7 Å². The van der Waals surface area contributed by atoms with Gasteiger partial charge in [-0.05, 0) is 69.2 Å². The number of aryl methyl sites for hydroxylation is 1. The minimum absolute atomic E-state index is 0.00919. The summed E-state index contributed by atoms with van der Waals surface area (Å²) >= 11 is 12.3. The molecule has 0 radical (unpaired) electrons. The predicted molar refractivity (Wildman–Crippen MR) is 152 cm³/mol. The number of nitrogens with zero attached hydrogens (tertiary/aromatic N) is 2. The molecule has 0 aliphatic carbocycles. The molecule has 2 amide bonds. The van der Waals surface area contributed by atoms with Crippen molar-refractivity contribution in [3.63, 3.8) is 0 Å². The van der Waals surface area contributed by atoms with Gasteiger partial charge in [-0.15, -0.1) is 0 Å². The molecule has 3 aromatic rings. The van der Waals surface area contributed by atoms with Crippen molar-refractivity contribution < 1.29 is 18.0 Å². The van der Waals surface area contributed by atoms with E-state index in [0.29, 0.717) is 0 Å². The molecule has 0 saturated heterocycles. The van der Waals surface area contributed by atoms with E-state index in [1.54, 1.807) is 25.1 Å². The van der Waals surface area contributed by atoms with Crippen LogP contribution < -0.4 is 9.62 Å². The minimum atomic E-state index is -4.17. The predicted octanol–water partition coefficient (Wildman–Crippen LogP) is 5.44. The van der Waals surface area contributed by atoms with E-state index in [1.165, 1.54) is 35.2 Å². The average Bonchev–Trinajstić information content (AvgIpc) is 2.88. The fourth-order valence-corrected chi connectivity index (χ4v) is 5.57. The van der Waals surface area contributed by atoms with Gasteiger partial charge in [0.15, 0.2) is 0 Å². The summed E-state index contributed by atoms with van der Waals surface area (Å²) < 4.78 is 28.5. The Morgan fingerprint density at radius 3 is 2.13 bits per heavy atom. The van der Waals surface area contributed by atoms with Crippen LogP contribution in [-0.4, -0.2) is 43.8 Å². The van der Waals surface area contributed by atoms with E-state index in [1.807, 2.05) is 45.0 Å². The van der Waals surface area contributed by atoms with Crippen molar-refractivity contribution in [2.45, 2.75) is 51.2 Å². The smallest absolute Gasteiger partial charge is 0.264 e. The van der Waals surface area contributed by atoms with Crippen molar-refractivity contribution in [2.75, 3.05) is 10.8 Å². The Labute approximate surface area is 234 Å². The molecule has 3 rings (SSSR count). The minimum Gasteiger partial charge on any atom is -0.352 e. The van der Waals surface area contributed by atoms with E-state index in [2.05, 4.69) is 5.32 Å². The molecule has 0 aliphatic rings. The SMILES string of the molecule is Cc1ccccc1CN(C(=O)CN(c1ccc(Cl)c(Cl)c1)S(=O)(=O)c1ccccc1)C(C)C(=O)NC(C)C. The van der Waals surface area contributed by atoms with Crippen LogP contribution in [0.3, 0.4) is 0 Å². The highest BCUT2D eigenvalue weighted by atomic mass is 35.5. The second-order valence-corrected chi connectivity index (χ2v) is 11.9. The van der Waals surface area contributed by atoms with Gasteiger partial charge in [0.1, 0.15) is 12.6 Å². The van der Waals surface area contributed by atoms with Crippen LogP contribution in [0.15, 0.2) is 77.7 Å². The molecule has 10 heteroatoms. The Morgan fingerprint density at radius 2 is 1.53 bits per heavy atom. The molecule has 0 heterocycles. The normalized spacial score (nSPS) is 12.2. The number of sulfonamides is 1. The van der Waals surface area contributed by atoms with Crippen LogP contribution >= 0.6 is 23.2 Å². The second-order valence-electron chi connectivity index (χ2n) is 9.21. The zero-order valence-electron chi connectivity index (χ0n) is 21.7. The second kappa shape index (κ2) is 12.7. The fraction of sp³-hybridized carbons (Fsp3) is 0.286. The fourth-order valence-electron chi connectivity index (χ4n) is 3.85. The van der Waals surface area contributed by atoms with Gasteiger partial charge in [-0.3, -0.25) is 13.9 Å². The maximum Gasteiger partial charge on any atom is 0.264 e. The van der Waals surface area contributed by atoms with E-state index in [4.69, 9.17) is 23.2 Å². The molecule has 3 aromatic carbocycles. The first-order chi connectivity index (χ1) is 17.9. The average molecular weight is 577 g/mol. The number of hydrogen-bond acceptors (Lipinski definition) is 4. The highest BCUT2D eigenvalue weighted by molar-refractivity contribution is 7.92. The number of amides is 2. The third kappa shape index (κ3) is 7.07. The molecule has 38 heavy (non-hydrogen) atoms. The lowest BCUT2D eigenvalue weighted by atomic mass is 10.1. The summed E-state index contributed by atoms with van der Waals surface area (Å²) in [7, 11) is -4.17. The summed E-state index contributed by atoms with van der Waals surface area (Å²) in [6, 6.07) is 18.7. The molecular weight excluding hydrogens is 545 g/mol. The summed E-state index contributed by atoms with van der Waals surface area (Å²) in [5.41, 5.74) is 1.96. The van der Waals surface area contributed by atoms with Gasteiger partial charge in [0.25, 0.3) is 10.0 Å². The Morgan fingerprint density at radius 1 is 0.895 bits per heavy atom. The summed E-state index contributed by atoms with van der Waals surface area (Å²) in [6.45, 7) is 6.77. The van der Waals surface area contributed by atoms with E-state index < -0.39 is 28.5 Å². The van der Waals surface area contributed by atoms with Crippen LogP contribution in [0.25, 0.3) is 0 Å². The summed E-state index contributed by atoms with van der Waals surface area (Å²) in [5.74, 6) is -0.890. The molecule has 0 fully saturated rings. The molecular formula is C28H31Cl2N3O4S. The first-order valence-corrected chi connectivity index (χ1v) is 14.3. The quantitative estimate of drug-likeness (QED) is 0.348. The lowest BCUT2D eigenvalue weighted by Gasteiger charge is -2.32. The van der Waals surface area contributed by atoms with Crippen LogP contribution in [-0.2, 0) is 26.2 Å². The van der Waals surface area contributed by atoms with Crippen molar-refractivity contribution in [3.8, 4) is 0 Å². The summed E-state index contributed by atoms with van der Waals surface area (Å²) in [6.07, 6.45) is 0. The van der Waals surface area contributed by atoms with Gasteiger partial charge < -0.3 is 10.2 Å². The summed E-state index contributed by atoms with van der Waals surface area (Å²) in [4.78, 5) is 28.2. The van der Waals surface area contributed by atoms with Gasteiger partial charge in [0.2, 0.25) is 11.8 Å². The van der Waals surface area contributed by atoms with Crippen LogP contribution in [0.2, 0.25) is 10.0 Å². The highest BCUT2D eigenvalue weighted by Gasteiger charge is 2.33. The topological polar surface area (TPSA) is 86.8 Å². The van der Waals surface area contributed by atoms with Gasteiger partial charge in [0, 0.05) is 12.6 Å². The molecule has 0 aliphatic heterocycles. The first kappa shape index (κ1) is 29.5. The largest absolute Gasteiger partial charge is 0.352 e. The Bertz CT molecular complexity index is 1400. The molecule has 0 bridgehead atoms. The first-order valence-electron chi connectivity index (χ1n) is 12.1. The van der Waals surface area contributed by atoms with E-state index in [9.17, 15) is 18.0 Å². The van der Waals surface area contributed by atoms with Crippen LogP contribution in [0.4, 0.5) is 5.69 Å². The van der Waals surface area contributed by atoms with Crippen molar-refractivity contribution in [1.29, 1.82) is 0 Å². The molecule has 0 spiro atoms. The van der Waals surface area contributed by atoms with Gasteiger partial charge in [0.05, 0.1) is 20.6 Å². The molecule has 0 saturated carbocycles. The zero-order chi connectivity index (χ0) is 28.0. The zero-order valence-corrected chi connectivity index (χ0v) is 24.0. The number of halogens is 2. The number of carbonyl (C=O) groups is 2. The third-order valence-corrected chi connectivity index (χ3v) is 8.53. The Hall–Kier alpha value is -3.07. The lowest BCUT2D eigenvalue weighted by molar-refractivity contribution is -0.139. The highest BCUT2D eigenvalue weighted by Crippen LogP contribution is 2.31. The van der Waals surface area contributed by atoms with E-state index >= 15 is 0 Å². The maximum atomic E-state index is 13.9. The standard InChI is InChI=1S/C28H31Cl2N3O4S/c1-19(2)31-28(35)21(4)32(17-22-11-9-8-10-20(22)3)27(34)18-33(23-14-15-25(29)26(30)16-23)38(36,37)24-12-6-5-7-13-24/h5-16,19,21H,17-18H2,1-4H3,(H,31,35). The van der Waals surface area contributed by atoms with Crippen molar-refractivity contribution in [3.05, 3.63) is 94.0 Å². The van der Waals surface area contributed by atoms with Gasteiger partial charge >= 0.3 is 0 Å². The van der Waals surface area contributed by atoms with Crippen LogP contribution in [0, 0.1) is 6.92 Å². The van der Waals surface area contributed by atoms with Gasteiger partial charge in [-0.25, -0.2) is 8.42 Å². The van der Waals surface area contributed by atoms with Crippen molar-refractivity contribution >= 4 is 50.7 Å². The van der Waals surface area contributed by atoms with Crippen LogP contribution in [0.1, 0.15) is 31.9 Å². The molecule has 7 nitrogen and oxygen atoms in total. The van der Waals surface area contributed by atoms with E-state index in [0.717, 1.165) is 15.4 Å². The monoisotopic (exact) mass is 575 g/mol. The van der Waals surface area contributed by atoms with Crippen molar-refractivity contribution in [2.24, 2.45) is 0 Å². The molecule has 202 valence electrons.